The van der Waals surface area contributed by atoms with Crippen LogP contribution in [0.15, 0.2) is 67.0 Å². The third-order valence-electron chi connectivity index (χ3n) is 4.22. The van der Waals surface area contributed by atoms with Gasteiger partial charge in [-0.05, 0) is 36.1 Å². The van der Waals surface area contributed by atoms with Gasteiger partial charge in [-0.15, -0.1) is 24.8 Å². The Kier molecular flexibility index (Phi) is 7.37. The van der Waals surface area contributed by atoms with Crippen LogP contribution in [0.25, 0.3) is 10.8 Å². The van der Waals surface area contributed by atoms with Crippen LogP contribution in [0.5, 0.6) is 0 Å². The van der Waals surface area contributed by atoms with Gasteiger partial charge >= 0.3 is 0 Å². The zero-order chi connectivity index (χ0) is 16.3. The molecule has 0 aliphatic carbocycles. The van der Waals surface area contributed by atoms with Crippen molar-refractivity contribution < 1.29 is 4.79 Å². The number of hydrogen-bond acceptors (Lipinski definition) is 3. The van der Waals surface area contributed by atoms with E-state index >= 15 is 0 Å². The van der Waals surface area contributed by atoms with Gasteiger partial charge in [0.1, 0.15) is 0 Å². The third-order valence-corrected chi connectivity index (χ3v) is 4.22. The molecule has 3 N–H and O–H groups in total. The number of halogens is 2. The molecule has 0 bridgehead atoms. The van der Waals surface area contributed by atoms with Crippen molar-refractivity contribution in [1.82, 2.24) is 4.98 Å². The summed E-state index contributed by atoms with van der Waals surface area (Å²) in [5, 5.41) is 5.06. The maximum Gasteiger partial charge on any atom is 0.236 e. The van der Waals surface area contributed by atoms with Crippen LogP contribution in [0.3, 0.4) is 0 Å². The summed E-state index contributed by atoms with van der Waals surface area (Å²) in [5.41, 5.74) is 6.81. The molecule has 0 aliphatic rings. The molecule has 1 unspecified atom stereocenters. The summed E-state index contributed by atoms with van der Waals surface area (Å²) in [6, 6.07) is 17.3. The fraction of sp³-hybridized carbons (Fsp3) is 0.158. The number of fused-ring (bicyclic) bond motifs is 1. The Hall–Kier alpha value is -2.14. The molecule has 3 aromatic rings. The minimum Gasteiger partial charge on any atom is -0.329 e. The van der Waals surface area contributed by atoms with Crippen molar-refractivity contribution in [2.45, 2.75) is 12.3 Å². The van der Waals surface area contributed by atoms with E-state index in [4.69, 9.17) is 5.73 Å². The highest BCUT2D eigenvalue weighted by Gasteiger charge is 2.33. The topological polar surface area (TPSA) is 68.0 Å². The van der Waals surface area contributed by atoms with Crippen LogP contribution >= 0.6 is 24.8 Å². The molecule has 4 nitrogen and oxygen atoms in total. The monoisotopic (exact) mass is 377 g/mol. The predicted molar refractivity (Wildman–Crippen MR) is 108 cm³/mol. The van der Waals surface area contributed by atoms with E-state index in [2.05, 4.69) is 10.3 Å². The Morgan fingerprint density at radius 2 is 1.80 bits per heavy atom. The van der Waals surface area contributed by atoms with Crippen LogP contribution in [0, 0.1) is 0 Å². The minimum atomic E-state index is -0.769. The maximum absolute atomic E-state index is 12.8. The molecule has 1 aromatic heterocycles. The second kappa shape index (κ2) is 8.81. The van der Waals surface area contributed by atoms with Crippen molar-refractivity contribution >= 4 is 47.2 Å². The summed E-state index contributed by atoms with van der Waals surface area (Å²) < 4.78 is 0. The molecular formula is C19H21Cl2N3O. The fourth-order valence-corrected chi connectivity index (χ4v) is 2.58. The number of nitrogens with two attached hydrogens (primary N) is 1. The van der Waals surface area contributed by atoms with Gasteiger partial charge in [-0.2, -0.15) is 0 Å². The van der Waals surface area contributed by atoms with Crippen molar-refractivity contribution in [3.63, 3.8) is 0 Å². The molecule has 2 aromatic carbocycles. The predicted octanol–water partition coefficient (Wildman–Crippen LogP) is 3.93. The average molecular weight is 378 g/mol. The summed E-state index contributed by atoms with van der Waals surface area (Å²) in [7, 11) is 0. The first-order valence-corrected chi connectivity index (χ1v) is 7.54. The number of benzene rings is 2. The summed E-state index contributed by atoms with van der Waals surface area (Å²) in [6.45, 7) is 2.10. The quantitative estimate of drug-likeness (QED) is 0.723. The summed E-state index contributed by atoms with van der Waals surface area (Å²) in [4.78, 5) is 16.9. The highest BCUT2D eigenvalue weighted by atomic mass is 35.5. The molecule has 1 heterocycles. The fourth-order valence-electron chi connectivity index (χ4n) is 2.58. The number of anilines is 1. The number of pyridine rings is 1. The van der Waals surface area contributed by atoms with Crippen LogP contribution in [-0.2, 0) is 10.2 Å². The first-order chi connectivity index (χ1) is 11.1. The van der Waals surface area contributed by atoms with Gasteiger partial charge in [0.15, 0.2) is 0 Å². The average Bonchev–Trinajstić information content (AvgIpc) is 2.61. The van der Waals surface area contributed by atoms with Gasteiger partial charge in [0.25, 0.3) is 0 Å². The van der Waals surface area contributed by atoms with Crippen LogP contribution in [0.4, 0.5) is 5.69 Å². The molecule has 0 saturated carbocycles. The Morgan fingerprint density at radius 3 is 2.48 bits per heavy atom. The number of carbonyl (C=O) groups is 1. The molecule has 1 amide bonds. The van der Waals surface area contributed by atoms with Crippen LogP contribution in [0.1, 0.15) is 12.5 Å². The molecule has 25 heavy (non-hydrogen) atoms. The first-order valence-electron chi connectivity index (χ1n) is 7.54. The van der Waals surface area contributed by atoms with Crippen LogP contribution < -0.4 is 11.1 Å². The van der Waals surface area contributed by atoms with Crippen molar-refractivity contribution in [3.05, 3.63) is 72.6 Å². The summed E-state index contributed by atoms with van der Waals surface area (Å²) in [6.07, 6.45) is 3.54. The van der Waals surface area contributed by atoms with Crippen LogP contribution in [-0.4, -0.2) is 17.4 Å². The summed E-state index contributed by atoms with van der Waals surface area (Å²) >= 11 is 0. The Labute approximate surface area is 159 Å². The number of nitrogens with zero attached hydrogens (tertiary/aromatic N) is 1. The highest BCUT2D eigenvalue weighted by Crippen LogP contribution is 2.25. The molecule has 0 saturated heterocycles. The van der Waals surface area contributed by atoms with E-state index in [0.717, 1.165) is 22.0 Å². The number of rotatable bonds is 4. The lowest BCUT2D eigenvalue weighted by Crippen LogP contribution is -2.43. The van der Waals surface area contributed by atoms with Gasteiger partial charge in [0.05, 0.1) is 5.41 Å². The second-order valence-electron chi connectivity index (χ2n) is 5.79. The van der Waals surface area contributed by atoms with Gasteiger partial charge in [-0.25, -0.2) is 0 Å². The van der Waals surface area contributed by atoms with E-state index in [9.17, 15) is 4.79 Å². The van der Waals surface area contributed by atoms with E-state index in [1.807, 2.05) is 61.5 Å². The van der Waals surface area contributed by atoms with Crippen molar-refractivity contribution in [2.75, 3.05) is 11.9 Å². The van der Waals surface area contributed by atoms with Crippen LogP contribution in [0.2, 0.25) is 0 Å². The zero-order valence-corrected chi connectivity index (χ0v) is 15.4. The third kappa shape index (κ3) is 4.28. The van der Waals surface area contributed by atoms with Crippen molar-refractivity contribution in [3.8, 4) is 0 Å². The molecular weight excluding hydrogens is 357 g/mol. The van der Waals surface area contributed by atoms with E-state index in [0.29, 0.717) is 0 Å². The van der Waals surface area contributed by atoms with Gasteiger partial charge in [-0.3, -0.25) is 9.78 Å². The van der Waals surface area contributed by atoms with Gasteiger partial charge in [0.2, 0.25) is 5.91 Å². The molecule has 3 rings (SSSR count). The van der Waals surface area contributed by atoms with Gasteiger partial charge in [-0.1, -0.05) is 36.4 Å². The largest absolute Gasteiger partial charge is 0.329 e. The number of amides is 1. The number of nitrogens with one attached hydrogen (secondary N) is 1. The highest BCUT2D eigenvalue weighted by molar-refractivity contribution is 6.00. The molecule has 1 atom stereocenters. The lowest BCUT2D eigenvalue weighted by Gasteiger charge is -2.27. The lowest BCUT2D eigenvalue weighted by atomic mass is 9.81. The number of hydrogen-bond donors (Lipinski definition) is 2. The van der Waals surface area contributed by atoms with Gasteiger partial charge < -0.3 is 11.1 Å². The first kappa shape index (κ1) is 20.9. The Balaban J connectivity index is 0.00000156. The van der Waals surface area contributed by atoms with E-state index < -0.39 is 5.41 Å². The maximum atomic E-state index is 12.8. The smallest absolute Gasteiger partial charge is 0.236 e. The van der Waals surface area contributed by atoms with Crippen molar-refractivity contribution in [1.29, 1.82) is 0 Å². The second-order valence-corrected chi connectivity index (χ2v) is 5.79. The molecule has 0 aliphatic heterocycles. The minimum absolute atomic E-state index is 0. The van der Waals surface area contributed by atoms with E-state index in [-0.39, 0.29) is 37.3 Å². The lowest BCUT2D eigenvalue weighted by molar-refractivity contribution is -0.120. The van der Waals surface area contributed by atoms with E-state index in [1.54, 1.807) is 12.4 Å². The Morgan fingerprint density at radius 1 is 1.08 bits per heavy atom. The van der Waals surface area contributed by atoms with Crippen molar-refractivity contribution in [2.24, 2.45) is 5.73 Å². The number of carbonyl (C=O) groups excluding carboxylic acids is 1. The van der Waals surface area contributed by atoms with Gasteiger partial charge in [0, 0.05) is 30.0 Å². The SMILES string of the molecule is CC(CN)(C(=O)Nc1ccc2cnccc2c1)c1ccccc1.Cl.Cl. The molecule has 0 spiro atoms. The molecule has 0 fully saturated rings. The normalized spacial score (nSPS) is 12.4. The number of aromatic nitrogens is 1. The summed E-state index contributed by atoms with van der Waals surface area (Å²) in [5.74, 6) is -0.111. The molecule has 6 heteroatoms. The Bertz CT molecular complexity index is 842. The van der Waals surface area contributed by atoms with E-state index in [1.165, 1.54) is 0 Å². The zero-order valence-electron chi connectivity index (χ0n) is 13.8. The molecule has 0 radical (unpaired) electrons. The standard InChI is InChI=1S/C19H19N3O.2ClH/c1-19(13-20,16-5-3-2-4-6-16)18(23)22-17-8-7-15-12-21-10-9-14(15)11-17;;/h2-12H,13,20H2,1H3,(H,22,23);2*1H. The molecule has 132 valence electrons.